The molecule has 2 heterocycles. The molecule has 2 amide bonds. The highest BCUT2D eigenvalue weighted by molar-refractivity contribution is 7.99. The van der Waals surface area contributed by atoms with E-state index in [1.54, 1.807) is 18.4 Å². The zero-order valence-electron chi connectivity index (χ0n) is 15.6. The van der Waals surface area contributed by atoms with Crippen molar-refractivity contribution < 1.29 is 9.59 Å². The number of carbonyl (C=O) groups excluding carboxylic acids is 2. The topological polar surface area (TPSA) is 95.2 Å². The van der Waals surface area contributed by atoms with Gasteiger partial charge in [0.15, 0.2) is 0 Å². The molecule has 0 saturated heterocycles. The van der Waals surface area contributed by atoms with E-state index in [1.807, 2.05) is 6.92 Å². The maximum atomic E-state index is 12.4. The van der Waals surface area contributed by atoms with Crippen molar-refractivity contribution in [2.24, 2.45) is 0 Å². The van der Waals surface area contributed by atoms with Gasteiger partial charge in [-0.15, -0.1) is 23.1 Å². The van der Waals surface area contributed by atoms with Gasteiger partial charge in [0.25, 0.3) is 5.56 Å². The molecule has 0 fully saturated rings. The van der Waals surface area contributed by atoms with Gasteiger partial charge >= 0.3 is 0 Å². The lowest BCUT2D eigenvalue weighted by atomic mass is 10.2. The van der Waals surface area contributed by atoms with Crippen LogP contribution in [0.2, 0.25) is 0 Å². The molecule has 0 atom stereocenters. The fraction of sp³-hybridized carbons (Fsp3) is 0.556. The molecule has 0 aromatic carbocycles. The van der Waals surface area contributed by atoms with Crippen molar-refractivity contribution in [3.8, 4) is 0 Å². The molecule has 7 nitrogen and oxygen atoms in total. The molecule has 0 saturated carbocycles. The van der Waals surface area contributed by atoms with Crippen molar-refractivity contribution in [2.45, 2.75) is 38.4 Å². The summed E-state index contributed by atoms with van der Waals surface area (Å²) in [7, 11) is 1.62. The number of fused-ring (bicyclic) bond motifs is 3. The number of hydrogen-bond acceptors (Lipinski definition) is 6. The van der Waals surface area contributed by atoms with Crippen LogP contribution in [0.1, 0.15) is 36.0 Å². The number of aromatic nitrogens is 2. The van der Waals surface area contributed by atoms with Gasteiger partial charge in [0, 0.05) is 18.5 Å². The van der Waals surface area contributed by atoms with E-state index in [1.165, 1.54) is 27.1 Å². The number of nitrogens with one attached hydrogen (secondary N) is 2. The molecule has 27 heavy (non-hydrogen) atoms. The van der Waals surface area contributed by atoms with Crippen LogP contribution in [-0.2, 0) is 28.2 Å². The van der Waals surface area contributed by atoms with Crippen LogP contribution >= 0.6 is 23.1 Å². The van der Waals surface area contributed by atoms with Gasteiger partial charge in [0.2, 0.25) is 11.8 Å². The summed E-state index contributed by atoms with van der Waals surface area (Å²) in [6, 6.07) is 0. The minimum atomic E-state index is -0.153. The van der Waals surface area contributed by atoms with Crippen LogP contribution in [-0.4, -0.2) is 52.6 Å². The summed E-state index contributed by atoms with van der Waals surface area (Å²) in [6.07, 6.45) is 3.97. The zero-order valence-corrected chi connectivity index (χ0v) is 17.2. The van der Waals surface area contributed by atoms with E-state index in [0.29, 0.717) is 18.1 Å². The highest BCUT2D eigenvalue weighted by Gasteiger charge is 2.21. The third kappa shape index (κ3) is 4.70. The minimum Gasteiger partial charge on any atom is -0.355 e. The van der Waals surface area contributed by atoms with E-state index in [9.17, 15) is 14.4 Å². The van der Waals surface area contributed by atoms with Crippen LogP contribution in [0.3, 0.4) is 0 Å². The number of thiophene rings is 1. The van der Waals surface area contributed by atoms with E-state index in [0.717, 1.165) is 35.9 Å². The monoisotopic (exact) mass is 408 g/mol. The summed E-state index contributed by atoms with van der Waals surface area (Å²) >= 11 is 3.00. The zero-order chi connectivity index (χ0) is 19.4. The summed E-state index contributed by atoms with van der Waals surface area (Å²) in [5, 5.41) is 3.50. The van der Waals surface area contributed by atoms with Gasteiger partial charge in [-0.25, -0.2) is 4.98 Å². The second kappa shape index (κ2) is 8.88. The molecule has 9 heteroatoms. The number of likely N-dealkylation sites (N-methyl/N-ethyl adjacent to an activating group) is 1. The van der Waals surface area contributed by atoms with Crippen LogP contribution in [0.25, 0.3) is 10.2 Å². The molecule has 1 aliphatic rings. The Morgan fingerprint density at radius 1 is 1.37 bits per heavy atom. The number of rotatable bonds is 8. The lowest BCUT2D eigenvalue weighted by Gasteiger charge is -2.16. The lowest BCUT2D eigenvalue weighted by molar-refractivity contribution is -0.132. The molecule has 2 aromatic heterocycles. The maximum Gasteiger partial charge on any atom is 0.259 e. The standard InChI is InChI=1S/C18H24N4O3S2/c1-3-7-19-14(23)8-22(2)15(24)10-26-9-13-20-17(25)16-11-5-4-6-12(11)27-18(16)21-13/h3-10H2,1-2H3,(H,19,23)(H,20,21,25). The Kier molecular flexibility index (Phi) is 6.54. The first-order valence-corrected chi connectivity index (χ1v) is 11.1. The lowest BCUT2D eigenvalue weighted by Crippen LogP contribution is -2.39. The Balaban J connectivity index is 1.54. The van der Waals surface area contributed by atoms with Crippen molar-refractivity contribution >= 4 is 45.1 Å². The Labute approximate surface area is 165 Å². The van der Waals surface area contributed by atoms with E-state index in [4.69, 9.17) is 0 Å². The fourth-order valence-electron chi connectivity index (χ4n) is 3.08. The van der Waals surface area contributed by atoms with E-state index < -0.39 is 0 Å². The molecule has 2 aromatic rings. The molecular formula is C18H24N4O3S2. The number of aromatic amines is 1. The van der Waals surface area contributed by atoms with Crippen LogP contribution in [0, 0.1) is 0 Å². The van der Waals surface area contributed by atoms with Gasteiger partial charge in [0.05, 0.1) is 23.4 Å². The first kappa shape index (κ1) is 19.9. The molecule has 146 valence electrons. The van der Waals surface area contributed by atoms with E-state index in [2.05, 4.69) is 15.3 Å². The largest absolute Gasteiger partial charge is 0.355 e. The first-order chi connectivity index (χ1) is 13.0. The molecule has 2 N–H and O–H groups in total. The van der Waals surface area contributed by atoms with Crippen molar-refractivity contribution in [3.63, 3.8) is 0 Å². The molecule has 1 aliphatic carbocycles. The average molecular weight is 409 g/mol. The second-order valence-electron chi connectivity index (χ2n) is 6.64. The Bertz CT molecular complexity index is 906. The van der Waals surface area contributed by atoms with Gasteiger partial charge in [-0.2, -0.15) is 0 Å². The minimum absolute atomic E-state index is 0.0567. The second-order valence-corrected chi connectivity index (χ2v) is 8.71. The number of nitrogens with zero attached hydrogens (tertiary/aromatic N) is 2. The fourth-order valence-corrected chi connectivity index (χ4v) is 5.19. The molecule has 3 rings (SSSR count). The highest BCUT2D eigenvalue weighted by Crippen LogP contribution is 2.34. The summed E-state index contributed by atoms with van der Waals surface area (Å²) < 4.78 is 0. The summed E-state index contributed by atoms with van der Waals surface area (Å²) in [5.41, 5.74) is 1.09. The average Bonchev–Trinajstić information content (AvgIpc) is 3.20. The Morgan fingerprint density at radius 2 is 2.19 bits per heavy atom. The number of hydrogen-bond donors (Lipinski definition) is 2. The molecular weight excluding hydrogens is 384 g/mol. The molecule has 0 unspecified atom stereocenters. The van der Waals surface area contributed by atoms with Crippen LogP contribution in [0.15, 0.2) is 4.79 Å². The van der Waals surface area contributed by atoms with Gasteiger partial charge in [-0.1, -0.05) is 6.92 Å². The summed E-state index contributed by atoms with van der Waals surface area (Å²) in [4.78, 5) is 47.2. The van der Waals surface area contributed by atoms with Crippen LogP contribution in [0.5, 0.6) is 0 Å². The molecule has 0 spiro atoms. The highest BCUT2D eigenvalue weighted by atomic mass is 32.2. The predicted molar refractivity (Wildman–Crippen MR) is 109 cm³/mol. The Morgan fingerprint density at radius 3 is 2.96 bits per heavy atom. The number of aryl methyl sites for hydroxylation is 2. The SMILES string of the molecule is CCCNC(=O)CN(C)C(=O)CSCc1nc2sc3c(c2c(=O)[nH]1)CCC3. The van der Waals surface area contributed by atoms with E-state index in [-0.39, 0.29) is 29.7 Å². The van der Waals surface area contributed by atoms with Crippen molar-refractivity contribution in [3.05, 3.63) is 26.6 Å². The number of amides is 2. The molecule has 0 bridgehead atoms. The third-order valence-electron chi connectivity index (χ3n) is 4.47. The summed E-state index contributed by atoms with van der Waals surface area (Å²) in [6.45, 7) is 2.65. The Hall–Kier alpha value is -1.87. The smallest absolute Gasteiger partial charge is 0.259 e. The van der Waals surface area contributed by atoms with E-state index >= 15 is 0 Å². The number of H-pyrrole nitrogens is 1. The van der Waals surface area contributed by atoms with Crippen LogP contribution in [0.4, 0.5) is 0 Å². The third-order valence-corrected chi connectivity index (χ3v) is 6.58. The first-order valence-electron chi connectivity index (χ1n) is 9.11. The van der Waals surface area contributed by atoms with Crippen molar-refractivity contribution in [2.75, 3.05) is 25.9 Å². The summed E-state index contributed by atoms with van der Waals surface area (Å²) in [5.74, 6) is 1.01. The molecule has 0 aliphatic heterocycles. The van der Waals surface area contributed by atoms with Crippen LogP contribution < -0.4 is 10.9 Å². The predicted octanol–water partition coefficient (Wildman–Crippen LogP) is 1.69. The number of thioether (sulfide) groups is 1. The molecule has 0 radical (unpaired) electrons. The normalized spacial score (nSPS) is 13.0. The number of carbonyl (C=O) groups is 2. The maximum absolute atomic E-state index is 12.4. The quantitative estimate of drug-likeness (QED) is 0.693. The van der Waals surface area contributed by atoms with Crippen molar-refractivity contribution in [1.29, 1.82) is 0 Å². The van der Waals surface area contributed by atoms with Gasteiger partial charge < -0.3 is 15.2 Å². The van der Waals surface area contributed by atoms with Gasteiger partial charge in [0.1, 0.15) is 10.7 Å². The van der Waals surface area contributed by atoms with Gasteiger partial charge in [-0.05, 0) is 31.2 Å². The van der Waals surface area contributed by atoms with Gasteiger partial charge in [-0.3, -0.25) is 14.4 Å². The van der Waals surface area contributed by atoms with Crippen molar-refractivity contribution in [1.82, 2.24) is 20.2 Å².